The molecule has 0 saturated carbocycles. The highest BCUT2D eigenvalue weighted by molar-refractivity contribution is 14.1. The summed E-state index contributed by atoms with van der Waals surface area (Å²) in [5, 5.41) is 4.27. The van der Waals surface area contributed by atoms with Crippen LogP contribution in [0.5, 0.6) is 0 Å². The zero-order valence-electron chi connectivity index (χ0n) is 19.7. The number of benzene rings is 1. The summed E-state index contributed by atoms with van der Waals surface area (Å²) in [6, 6.07) is 12.6. The van der Waals surface area contributed by atoms with Gasteiger partial charge in [0.2, 0.25) is 0 Å². The highest BCUT2D eigenvalue weighted by Gasteiger charge is 2.49. The normalized spacial score (nSPS) is 18.1. The van der Waals surface area contributed by atoms with Crippen LogP contribution in [0.25, 0.3) is 16.6 Å². The minimum atomic E-state index is -4.30. The van der Waals surface area contributed by atoms with Crippen LogP contribution in [0.4, 0.5) is 19.0 Å². The third-order valence-electron chi connectivity index (χ3n) is 6.53. The molecule has 1 aliphatic rings. The lowest BCUT2D eigenvalue weighted by atomic mass is 10.1. The molecule has 194 valence electrons. The number of alkyl halides is 4. The first-order chi connectivity index (χ1) is 17.7. The van der Waals surface area contributed by atoms with E-state index in [4.69, 9.17) is 15.2 Å². The lowest BCUT2D eigenvalue weighted by Crippen LogP contribution is -2.30. The summed E-state index contributed by atoms with van der Waals surface area (Å²) >= 11 is 4.84. The van der Waals surface area contributed by atoms with E-state index < -0.39 is 37.1 Å². The lowest BCUT2D eigenvalue weighted by Gasteiger charge is -2.19. The van der Waals surface area contributed by atoms with Gasteiger partial charge in [-0.3, -0.25) is 12.8 Å². The van der Waals surface area contributed by atoms with Gasteiger partial charge in [0.05, 0.1) is 26.1 Å². The second-order valence-electron chi connectivity index (χ2n) is 8.89. The van der Waals surface area contributed by atoms with E-state index in [2.05, 4.69) is 15.3 Å². The van der Waals surface area contributed by atoms with Crippen LogP contribution in [0.1, 0.15) is 28.7 Å². The zero-order chi connectivity index (χ0) is 26.3. The van der Waals surface area contributed by atoms with Crippen LogP contribution in [0, 0.1) is 9.48 Å². The summed E-state index contributed by atoms with van der Waals surface area (Å²) < 4.78 is 48.8. The molecule has 4 aromatic rings. The molecule has 37 heavy (non-hydrogen) atoms. The Kier molecular flexibility index (Phi) is 7.10. The second-order valence-corrected chi connectivity index (χ2v) is 11.6. The molecule has 12 heteroatoms. The number of carbonyl (C=O) groups is 1. The van der Waals surface area contributed by atoms with Gasteiger partial charge in [0.25, 0.3) is 5.91 Å². The molecular formula is C25H23ClF3IN6O. The summed E-state index contributed by atoms with van der Waals surface area (Å²) in [7, 11) is 0. The third-order valence-corrected chi connectivity index (χ3v) is 8.82. The molecule has 1 amide bonds. The zero-order valence-corrected chi connectivity index (χ0v) is 22.6. The van der Waals surface area contributed by atoms with Crippen molar-refractivity contribution < 1.29 is 18.0 Å². The van der Waals surface area contributed by atoms with Crippen molar-refractivity contribution in [3.8, 4) is 0 Å². The van der Waals surface area contributed by atoms with Gasteiger partial charge in [0.1, 0.15) is 17.2 Å². The number of fused-ring (bicyclic) bond motifs is 2. The number of aryl methyl sites for hydroxylation is 1. The quantitative estimate of drug-likeness (QED) is 0.196. The number of halogens is 5. The van der Waals surface area contributed by atoms with Crippen LogP contribution in [-0.2, 0) is 13.0 Å². The standard InChI is InChI=1S/C25H23ClF3IN6O/c1-2-19-23(36-11-16(26)5-8-22(36)33-19)24(37)32-10-14-3-6-20-15(9-14)4-7-21(34-20)35-12-17(25(27,28)29)18(13-35)30-31/h3-9,11,17-18,31H,2,10,12-13H2,1H3,(H,32,37)/t17-,18?/m1/s1. The Morgan fingerprint density at radius 3 is 2.70 bits per heavy atom. The predicted octanol–water partition coefficient (Wildman–Crippen LogP) is 6.13. The number of nitrogens with one attached hydrogen (secondary N) is 2. The van der Waals surface area contributed by atoms with E-state index in [1.807, 2.05) is 25.1 Å². The van der Waals surface area contributed by atoms with Gasteiger partial charge in [-0.25, -0.2) is 9.97 Å². The third kappa shape index (κ3) is 5.15. The fraction of sp³-hybridized carbons (Fsp3) is 0.320. The molecule has 1 saturated heterocycles. The molecule has 2 N–H and O–H groups in total. The van der Waals surface area contributed by atoms with Crippen molar-refractivity contribution >= 4 is 60.9 Å². The number of amides is 1. The summed E-state index contributed by atoms with van der Waals surface area (Å²) in [4.78, 5) is 23.8. The first-order valence-electron chi connectivity index (χ1n) is 11.6. The molecule has 2 atom stereocenters. The minimum absolute atomic E-state index is 0.163. The maximum Gasteiger partial charge on any atom is 0.394 e. The Morgan fingerprint density at radius 2 is 2.00 bits per heavy atom. The van der Waals surface area contributed by atoms with E-state index in [-0.39, 0.29) is 25.5 Å². The van der Waals surface area contributed by atoms with E-state index >= 15 is 0 Å². The first-order valence-corrected chi connectivity index (χ1v) is 14.3. The second kappa shape index (κ2) is 10.2. The van der Waals surface area contributed by atoms with Crippen LogP contribution in [0.2, 0.25) is 5.02 Å². The monoisotopic (exact) mass is 642 g/mol. The molecule has 1 aromatic carbocycles. The van der Waals surface area contributed by atoms with Gasteiger partial charge in [-0.15, -0.1) is 0 Å². The molecule has 0 radical (unpaired) electrons. The number of hydrogen-bond donors (Lipinski definition) is 2. The SMILES string of the molecule is CCc1nc2ccc(Cl)cn2c1C(=O)NCc1ccc2nc(N3CC(I=N)[C@H](C(F)(F)F)C3)ccc2c1. The van der Waals surface area contributed by atoms with Crippen molar-refractivity contribution in [3.05, 3.63) is 70.6 Å². The van der Waals surface area contributed by atoms with Crippen molar-refractivity contribution in [2.24, 2.45) is 5.92 Å². The largest absolute Gasteiger partial charge is 0.394 e. The molecule has 3 aromatic heterocycles. The lowest BCUT2D eigenvalue weighted by molar-refractivity contribution is -0.165. The van der Waals surface area contributed by atoms with Gasteiger partial charge in [-0.05, 0) is 69.4 Å². The topological polar surface area (TPSA) is 86.4 Å². The van der Waals surface area contributed by atoms with Gasteiger partial charge < -0.3 is 10.2 Å². The smallest absolute Gasteiger partial charge is 0.355 e. The molecule has 0 bridgehead atoms. The Bertz CT molecular complexity index is 1510. The van der Waals surface area contributed by atoms with E-state index in [0.717, 1.165) is 10.9 Å². The summed E-state index contributed by atoms with van der Waals surface area (Å²) in [6.45, 7) is 2.26. The highest BCUT2D eigenvalue weighted by Crippen LogP contribution is 2.40. The van der Waals surface area contributed by atoms with Crippen molar-refractivity contribution in [2.75, 3.05) is 18.0 Å². The van der Waals surface area contributed by atoms with Crippen molar-refractivity contribution in [1.82, 2.24) is 19.7 Å². The van der Waals surface area contributed by atoms with E-state index in [9.17, 15) is 18.0 Å². The van der Waals surface area contributed by atoms with Gasteiger partial charge in [0, 0.05) is 31.2 Å². The molecule has 0 spiro atoms. The Morgan fingerprint density at radius 1 is 1.19 bits per heavy atom. The van der Waals surface area contributed by atoms with E-state index in [0.29, 0.717) is 39.8 Å². The Labute approximate surface area is 226 Å². The summed E-state index contributed by atoms with van der Waals surface area (Å²) in [5.74, 6) is -1.25. The number of rotatable bonds is 6. The number of hydrogen-bond acceptors (Lipinski definition) is 5. The maximum absolute atomic E-state index is 13.4. The molecule has 5 rings (SSSR count). The number of aromatic nitrogens is 3. The molecular weight excluding hydrogens is 620 g/mol. The molecule has 1 unspecified atom stereocenters. The fourth-order valence-electron chi connectivity index (χ4n) is 4.64. The minimum Gasteiger partial charge on any atom is -0.355 e. The van der Waals surface area contributed by atoms with E-state index in [1.54, 1.807) is 39.8 Å². The summed E-state index contributed by atoms with van der Waals surface area (Å²) in [5.41, 5.74) is 3.29. The van der Waals surface area contributed by atoms with Crippen molar-refractivity contribution in [2.45, 2.75) is 30.0 Å². The molecule has 1 aliphatic heterocycles. The molecule has 7 nitrogen and oxygen atoms in total. The first kappa shape index (κ1) is 25.8. The predicted molar refractivity (Wildman–Crippen MR) is 145 cm³/mol. The molecule has 4 heterocycles. The Balaban J connectivity index is 1.32. The number of imidazole rings is 1. The van der Waals surface area contributed by atoms with Gasteiger partial charge >= 0.3 is 6.18 Å². The van der Waals surface area contributed by atoms with Crippen molar-refractivity contribution in [1.29, 1.82) is 3.56 Å². The van der Waals surface area contributed by atoms with Gasteiger partial charge in [-0.1, -0.05) is 24.6 Å². The van der Waals surface area contributed by atoms with Crippen molar-refractivity contribution in [3.63, 3.8) is 0 Å². The number of pyridine rings is 2. The van der Waals surface area contributed by atoms with Crippen LogP contribution in [-0.4, -0.2) is 43.5 Å². The fourth-order valence-corrected chi connectivity index (χ4v) is 6.54. The number of carbonyl (C=O) groups excluding carboxylic acids is 1. The van der Waals surface area contributed by atoms with Crippen LogP contribution in [0.15, 0.2) is 48.7 Å². The average Bonchev–Trinajstić information content (AvgIpc) is 3.48. The highest BCUT2D eigenvalue weighted by atomic mass is 127. The maximum atomic E-state index is 13.4. The summed E-state index contributed by atoms with van der Waals surface area (Å²) in [6.07, 6.45) is -2.04. The van der Waals surface area contributed by atoms with E-state index in [1.165, 1.54) is 0 Å². The number of anilines is 1. The molecule has 0 aliphatic carbocycles. The molecule has 1 fully saturated rings. The van der Waals surface area contributed by atoms with Gasteiger partial charge in [-0.2, -0.15) is 13.2 Å². The average molecular weight is 643 g/mol. The Hall–Kier alpha value is -2.80. The van der Waals surface area contributed by atoms with Crippen LogP contribution >= 0.6 is 32.6 Å². The van der Waals surface area contributed by atoms with Crippen LogP contribution in [0.3, 0.4) is 0 Å². The van der Waals surface area contributed by atoms with Crippen LogP contribution < -0.4 is 10.2 Å². The number of nitrogens with zero attached hydrogens (tertiary/aromatic N) is 4. The van der Waals surface area contributed by atoms with Gasteiger partial charge in [0.15, 0.2) is 0 Å².